The summed E-state index contributed by atoms with van der Waals surface area (Å²) in [6.45, 7) is 1.04. The van der Waals surface area contributed by atoms with Gasteiger partial charge in [0.1, 0.15) is 17.7 Å². The number of hydrogen-bond acceptors (Lipinski definition) is 9. The third kappa shape index (κ3) is 3.96. The molecule has 0 bridgehead atoms. The van der Waals surface area contributed by atoms with Crippen LogP contribution >= 0.6 is 0 Å². The molecular weight excluding hydrogens is 452 g/mol. The fourth-order valence-electron chi connectivity index (χ4n) is 7.78. The lowest BCUT2D eigenvalue weighted by Gasteiger charge is -2.51. The molecule has 0 aromatic heterocycles. The quantitative estimate of drug-likeness (QED) is 0.285. The van der Waals surface area contributed by atoms with Crippen molar-refractivity contribution in [3.05, 3.63) is 22.7 Å². The summed E-state index contributed by atoms with van der Waals surface area (Å²) in [4.78, 5) is 26.8. The van der Waals surface area contributed by atoms with Crippen LogP contribution in [0.5, 0.6) is 0 Å². The Morgan fingerprint density at radius 1 is 1.09 bits per heavy atom. The highest BCUT2D eigenvalue weighted by molar-refractivity contribution is 6.08. The van der Waals surface area contributed by atoms with Gasteiger partial charge in [0.2, 0.25) is 5.78 Å². The van der Waals surface area contributed by atoms with E-state index in [0.717, 1.165) is 32.2 Å². The molecule has 1 heterocycles. The molecule has 5 rings (SSSR count). The van der Waals surface area contributed by atoms with E-state index < -0.39 is 46.9 Å². The van der Waals surface area contributed by atoms with Crippen molar-refractivity contribution in [2.45, 2.75) is 88.2 Å². The predicted octanol–water partition coefficient (Wildman–Crippen LogP) is 1.13. The van der Waals surface area contributed by atoms with Crippen LogP contribution in [0.4, 0.5) is 0 Å². The summed E-state index contributed by atoms with van der Waals surface area (Å²) in [5, 5.41) is 57.1. The molecule has 9 heteroatoms. The standard InChI is InChI=1S/C26H38N2O7/c27-25(34)21-18(30)11-14-9-13-10-16-12(4-6-15-3-1-2-8-28-15)5-7-17(29)20(16)22(31)19(13)23(32)26(14,35)24(21)33/h12-17,20,25,28-30,32,34-35H,1-11,27H2/t12?,13-,14+,15?,16?,17?,20?,25?,26+/m1/s1. The van der Waals surface area contributed by atoms with Crippen LogP contribution in [0.1, 0.15) is 64.2 Å². The molecule has 0 spiro atoms. The number of aliphatic hydroxyl groups is 5. The van der Waals surface area contributed by atoms with Gasteiger partial charge in [0.15, 0.2) is 11.4 Å². The van der Waals surface area contributed by atoms with Crippen molar-refractivity contribution in [1.29, 1.82) is 0 Å². The van der Waals surface area contributed by atoms with Gasteiger partial charge in [-0.1, -0.05) is 6.42 Å². The van der Waals surface area contributed by atoms with Gasteiger partial charge in [0, 0.05) is 24.0 Å². The van der Waals surface area contributed by atoms with Crippen LogP contribution in [0.15, 0.2) is 22.7 Å². The zero-order valence-electron chi connectivity index (χ0n) is 20.0. The summed E-state index contributed by atoms with van der Waals surface area (Å²) < 4.78 is 0. The van der Waals surface area contributed by atoms with Crippen LogP contribution in [0.25, 0.3) is 0 Å². The Morgan fingerprint density at radius 2 is 1.86 bits per heavy atom. The summed E-state index contributed by atoms with van der Waals surface area (Å²) in [5.74, 6) is -4.11. The van der Waals surface area contributed by atoms with Gasteiger partial charge in [-0.05, 0) is 75.7 Å². The molecule has 0 aromatic carbocycles. The third-order valence-corrected chi connectivity index (χ3v) is 9.56. The van der Waals surface area contributed by atoms with Crippen LogP contribution in [0.2, 0.25) is 0 Å². The molecule has 3 fully saturated rings. The van der Waals surface area contributed by atoms with Crippen LogP contribution in [-0.4, -0.2) is 67.6 Å². The highest BCUT2D eigenvalue weighted by atomic mass is 16.3. The zero-order chi connectivity index (χ0) is 25.1. The molecule has 0 aromatic rings. The number of piperidine rings is 1. The monoisotopic (exact) mass is 490 g/mol. The van der Waals surface area contributed by atoms with Crippen molar-refractivity contribution in [2.24, 2.45) is 35.3 Å². The topological polar surface area (TPSA) is 173 Å². The second kappa shape index (κ2) is 9.27. The molecule has 0 amide bonds. The molecule has 5 aliphatic rings. The van der Waals surface area contributed by atoms with Crippen LogP contribution in [-0.2, 0) is 9.59 Å². The zero-order valence-corrected chi connectivity index (χ0v) is 20.0. The van der Waals surface area contributed by atoms with Crippen LogP contribution in [0.3, 0.4) is 0 Å². The van der Waals surface area contributed by atoms with E-state index in [1.165, 1.54) is 12.8 Å². The van der Waals surface area contributed by atoms with Gasteiger partial charge in [-0.2, -0.15) is 0 Å². The number of carbonyl (C=O) groups excluding carboxylic acids is 2. The van der Waals surface area contributed by atoms with Crippen molar-refractivity contribution in [1.82, 2.24) is 5.32 Å². The molecule has 2 saturated carbocycles. The summed E-state index contributed by atoms with van der Waals surface area (Å²) in [7, 11) is 0. The lowest BCUT2D eigenvalue weighted by atomic mass is 9.53. The minimum atomic E-state index is -2.41. The number of fused-ring (bicyclic) bond motifs is 3. The fraction of sp³-hybridized carbons (Fsp3) is 0.769. The van der Waals surface area contributed by atoms with E-state index in [2.05, 4.69) is 5.32 Å². The Bertz CT molecular complexity index is 953. The van der Waals surface area contributed by atoms with Gasteiger partial charge >= 0.3 is 0 Å². The van der Waals surface area contributed by atoms with E-state index in [0.29, 0.717) is 24.8 Å². The first-order chi connectivity index (χ1) is 16.6. The number of Topliss-reactive ketones (excluding diaryl/α,β-unsaturated/α-hetero) is 2. The number of nitrogens with one attached hydrogen (secondary N) is 1. The minimum absolute atomic E-state index is 0.0209. The van der Waals surface area contributed by atoms with Crippen molar-refractivity contribution < 1.29 is 35.1 Å². The van der Waals surface area contributed by atoms with Crippen molar-refractivity contribution in [3.63, 3.8) is 0 Å². The Morgan fingerprint density at radius 3 is 2.54 bits per heavy atom. The highest BCUT2D eigenvalue weighted by Gasteiger charge is 2.61. The molecule has 1 saturated heterocycles. The summed E-state index contributed by atoms with van der Waals surface area (Å²) in [5.41, 5.74) is 2.51. The largest absolute Gasteiger partial charge is 0.512 e. The lowest BCUT2D eigenvalue weighted by Crippen LogP contribution is -2.59. The van der Waals surface area contributed by atoms with Gasteiger partial charge in [-0.3, -0.25) is 9.59 Å². The number of aliphatic hydroxyl groups excluding tert-OH is 4. The SMILES string of the molecule is NC(O)C1=C(O)C[C@@H]2C[C@@H]3CC4C(CCC5CCCCN5)CCC(O)C4C(=O)C3=C(O)[C@]2(O)C1=O. The Hall–Kier alpha value is -1.78. The summed E-state index contributed by atoms with van der Waals surface area (Å²) in [6, 6.07) is 0.493. The third-order valence-electron chi connectivity index (χ3n) is 9.56. The minimum Gasteiger partial charge on any atom is -0.512 e. The van der Waals surface area contributed by atoms with Crippen LogP contribution in [0, 0.1) is 29.6 Å². The van der Waals surface area contributed by atoms with Gasteiger partial charge < -0.3 is 36.6 Å². The number of carbonyl (C=O) groups is 2. The lowest BCUT2D eigenvalue weighted by molar-refractivity contribution is -0.148. The molecular formula is C26H38N2O7. The van der Waals surface area contributed by atoms with E-state index in [1.807, 2.05) is 0 Å². The summed E-state index contributed by atoms with van der Waals surface area (Å²) in [6.07, 6.45) is 5.07. The van der Waals surface area contributed by atoms with Gasteiger partial charge in [0.05, 0.1) is 17.6 Å². The summed E-state index contributed by atoms with van der Waals surface area (Å²) >= 11 is 0. The maximum absolute atomic E-state index is 13.7. The molecule has 194 valence electrons. The first-order valence-corrected chi connectivity index (χ1v) is 13.2. The van der Waals surface area contributed by atoms with Crippen molar-refractivity contribution in [3.8, 4) is 0 Å². The van der Waals surface area contributed by atoms with E-state index in [4.69, 9.17) is 5.73 Å². The van der Waals surface area contributed by atoms with E-state index in [1.54, 1.807) is 0 Å². The maximum atomic E-state index is 13.7. The number of rotatable bonds is 4. The van der Waals surface area contributed by atoms with E-state index >= 15 is 0 Å². The highest BCUT2D eigenvalue weighted by Crippen LogP contribution is 2.55. The second-order valence-corrected chi connectivity index (χ2v) is 11.4. The number of ketones is 2. The van der Waals surface area contributed by atoms with Crippen molar-refractivity contribution in [2.75, 3.05) is 6.54 Å². The van der Waals surface area contributed by atoms with Crippen molar-refractivity contribution >= 4 is 11.6 Å². The van der Waals surface area contributed by atoms with E-state index in [-0.39, 0.29) is 41.8 Å². The average molecular weight is 491 g/mol. The molecule has 1 aliphatic heterocycles. The normalized spacial score (nSPS) is 42.9. The first kappa shape index (κ1) is 24.9. The molecule has 4 aliphatic carbocycles. The molecule has 6 unspecified atom stereocenters. The Kier molecular flexibility index (Phi) is 6.59. The van der Waals surface area contributed by atoms with E-state index in [9.17, 15) is 35.1 Å². The second-order valence-electron chi connectivity index (χ2n) is 11.4. The first-order valence-electron chi connectivity index (χ1n) is 13.2. The molecule has 9 nitrogen and oxygen atoms in total. The molecule has 35 heavy (non-hydrogen) atoms. The number of hydrogen-bond donors (Lipinski definition) is 7. The molecule has 0 radical (unpaired) electrons. The van der Waals surface area contributed by atoms with Gasteiger partial charge in [-0.15, -0.1) is 0 Å². The smallest absolute Gasteiger partial charge is 0.205 e. The van der Waals surface area contributed by atoms with Crippen LogP contribution < -0.4 is 11.1 Å². The fourth-order valence-corrected chi connectivity index (χ4v) is 7.78. The Labute approximate surface area is 205 Å². The molecule has 9 atom stereocenters. The maximum Gasteiger partial charge on any atom is 0.205 e. The number of nitrogens with two attached hydrogens (primary N) is 1. The predicted molar refractivity (Wildman–Crippen MR) is 126 cm³/mol. The average Bonchev–Trinajstić information content (AvgIpc) is 2.81. The molecule has 8 N–H and O–H groups in total. The van der Waals surface area contributed by atoms with Gasteiger partial charge in [-0.25, -0.2) is 0 Å². The number of allylic oxidation sites excluding steroid dienone is 2. The van der Waals surface area contributed by atoms with Gasteiger partial charge in [0.25, 0.3) is 0 Å². The Balaban J connectivity index is 1.43.